The van der Waals surface area contributed by atoms with Gasteiger partial charge in [0.2, 0.25) is 6.41 Å². The van der Waals surface area contributed by atoms with E-state index in [4.69, 9.17) is 4.74 Å². The van der Waals surface area contributed by atoms with Gasteiger partial charge in [0, 0.05) is 37.4 Å². The first-order valence-corrected chi connectivity index (χ1v) is 8.61. The minimum Gasteiger partial charge on any atom is -0.495 e. The van der Waals surface area contributed by atoms with Crippen molar-refractivity contribution in [2.45, 2.75) is 6.92 Å². The first kappa shape index (κ1) is 17.8. The predicted octanol–water partition coefficient (Wildman–Crippen LogP) is 2.53. The molecule has 0 aliphatic carbocycles. The molecule has 6 nitrogen and oxygen atoms in total. The van der Waals surface area contributed by atoms with Gasteiger partial charge in [0.15, 0.2) is 0 Å². The molecule has 0 radical (unpaired) electrons. The number of ether oxygens (including phenoxy) is 1. The summed E-state index contributed by atoms with van der Waals surface area (Å²) in [6, 6.07) is 13.2. The zero-order chi connectivity index (χ0) is 18.5. The van der Waals surface area contributed by atoms with Crippen molar-refractivity contribution < 1.29 is 14.3 Å². The molecule has 1 aliphatic rings. The van der Waals surface area contributed by atoms with Gasteiger partial charge in [0.25, 0.3) is 5.91 Å². The van der Waals surface area contributed by atoms with Gasteiger partial charge in [-0.3, -0.25) is 9.59 Å². The van der Waals surface area contributed by atoms with E-state index in [2.05, 4.69) is 10.2 Å². The Bertz CT molecular complexity index is 781. The number of methoxy groups -OCH3 is 1. The Kier molecular flexibility index (Phi) is 5.41. The normalized spacial score (nSPS) is 14.1. The lowest BCUT2D eigenvalue weighted by molar-refractivity contribution is -0.118. The van der Waals surface area contributed by atoms with Crippen molar-refractivity contribution in [1.29, 1.82) is 0 Å². The van der Waals surface area contributed by atoms with Crippen LogP contribution in [0, 0.1) is 6.92 Å². The Balaban J connectivity index is 1.78. The number of benzene rings is 2. The van der Waals surface area contributed by atoms with Gasteiger partial charge in [0.1, 0.15) is 5.75 Å². The standard InChI is InChI=1S/C20H23N3O3/c1-15-3-5-16(6-4-15)20(25)21-18-13-17(7-8-19(18)26-2)23-11-9-22(14-24)10-12-23/h3-8,13-14H,9-12H2,1-2H3,(H,21,25). The molecule has 0 spiro atoms. The Hall–Kier alpha value is -3.02. The van der Waals surface area contributed by atoms with Crippen LogP contribution in [-0.4, -0.2) is 50.5 Å². The number of piperazine rings is 1. The van der Waals surface area contributed by atoms with E-state index in [1.165, 1.54) is 0 Å². The molecular weight excluding hydrogens is 330 g/mol. The molecule has 2 amide bonds. The fraction of sp³-hybridized carbons (Fsp3) is 0.300. The molecule has 0 bridgehead atoms. The van der Waals surface area contributed by atoms with Crippen LogP contribution >= 0.6 is 0 Å². The van der Waals surface area contributed by atoms with Gasteiger partial charge in [-0.15, -0.1) is 0 Å². The van der Waals surface area contributed by atoms with E-state index in [9.17, 15) is 9.59 Å². The van der Waals surface area contributed by atoms with Gasteiger partial charge < -0.3 is 19.9 Å². The summed E-state index contributed by atoms with van der Waals surface area (Å²) in [7, 11) is 1.58. The molecular formula is C20H23N3O3. The van der Waals surface area contributed by atoms with Crippen LogP contribution in [0.5, 0.6) is 5.75 Å². The Morgan fingerprint density at radius 3 is 2.38 bits per heavy atom. The van der Waals surface area contributed by atoms with Gasteiger partial charge >= 0.3 is 0 Å². The van der Waals surface area contributed by atoms with Crippen molar-refractivity contribution in [2.24, 2.45) is 0 Å². The van der Waals surface area contributed by atoms with Gasteiger partial charge in [-0.05, 0) is 37.3 Å². The van der Waals surface area contributed by atoms with E-state index in [1.807, 2.05) is 37.3 Å². The maximum absolute atomic E-state index is 12.5. The summed E-state index contributed by atoms with van der Waals surface area (Å²) in [6.07, 6.45) is 0.887. The third-order valence-electron chi connectivity index (χ3n) is 4.57. The first-order valence-electron chi connectivity index (χ1n) is 8.61. The first-order chi connectivity index (χ1) is 12.6. The predicted molar refractivity (Wildman–Crippen MR) is 102 cm³/mol. The van der Waals surface area contributed by atoms with Crippen molar-refractivity contribution in [3.63, 3.8) is 0 Å². The summed E-state index contributed by atoms with van der Waals surface area (Å²) >= 11 is 0. The van der Waals surface area contributed by atoms with Crippen LogP contribution in [-0.2, 0) is 4.79 Å². The zero-order valence-corrected chi connectivity index (χ0v) is 15.1. The smallest absolute Gasteiger partial charge is 0.255 e. The highest BCUT2D eigenvalue weighted by atomic mass is 16.5. The fourth-order valence-electron chi connectivity index (χ4n) is 2.98. The number of carbonyl (C=O) groups is 2. The lowest BCUT2D eigenvalue weighted by Gasteiger charge is -2.34. The number of anilines is 2. The SMILES string of the molecule is COc1ccc(N2CCN(C=O)CC2)cc1NC(=O)c1ccc(C)cc1. The number of nitrogens with zero attached hydrogens (tertiary/aromatic N) is 2. The summed E-state index contributed by atoms with van der Waals surface area (Å²) in [5, 5.41) is 2.94. The number of aryl methyl sites for hydroxylation is 1. The summed E-state index contributed by atoms with van der Waals surface area (Å²) in [5.74, 6) is 0.437. The van der Waals surface area contributed by atoms with E-state index in [0.29, 0.717) is 30.1 Å². The van der Waals surface area contributed by atoms with Crippen molar-refractivity contribution in [1.82, 2.24) is 4.90 Å². The lowest BCUT2D eigenvalue weighted by Crippen LogP contribution is -2.45. The van der Waals surface area contributed by atoms with E-state index < -0.39 is 0 Å². The number of carbonyl (C=O) groups excluding carboxylic acids is 2. The molecule has 1 fully saturated rings. The lowest BCUT2D eigenvalue weighted by atomic mass is 10.1. The quantitative estimate of drug-likeness (QED) is 0.839. The number of hydrogen-bond acceptors (Lipinski definition) is 4. The maximum Gasteiger partial charge on any atom is 0.255 e. The van der Waals surface area contributed by atoms with Gasteiger partial charge in [-0.2, -0.15) is 0 Å². The molecule has 1 aliphatic heterocycles. The zero-order valence-electron chi connectivity index (χ0n) is 15.1. The van der Waals surface area contributed by atoms with Gasteiger partial charge in [-0.25, -0.2) is 0 Å². The van der Waals surface area contributed by atoms with Crippen molar-refractivity contribution in [3.8, 4) is 5.75 Å². The fourth-order valence-corrected chi connectivity index (χ4v) is 2.98. The largest absolute Gasteiger partial charge is 0.495 e. The van der Waals surface area contributed by atoms with E-state index in [0.717, 1.165) is 30.8 Å². The van der Waals surface area contributed by atoms with E-state index >= 15 is 0 Å². The molecule has 0 atom stereocenters. The average molecular weight is 353 g/mol. The Morgan fingerprint density at radius 2 is 1.77 bits per heavy atom. The van der Waals surface area contributed by atoms with Crippen LogP contribution in [0.3, 0.4) is 0 Å². The highest BCUT2D eigenvalue weighted by Crippen LogP contribution is 2.30. The minimum atomic E-state index is -0.175. The average Bonchev–Trinajstić information content (AvgIpc) is 2.68. The molecule has 26 heavy (non-hydrogen) atoms. The van der Waals surface area contributed by atoms with Gasteiger partial charge in [0.05, 0.1) is 12.8 Å². The Labute approximate surface area is 153 Å². The Morgan fingerprint density at radius 1 is 1.08 bits per heavy atom. The van der Waals surface area contributed by atoms with E-state index in [-0.39, 0.29) is 5.91 Å². The van der Waals surface area contributed by atoms with Crippen LogP contribution in [0.2, 0.25) is 0 Å². The summed E-state index contributed by atoms with van der Waals surface area (Å²) in [6.45, 7) is 4.90. The molecule has 136 valence electrons. The number of nitrogens with one attached hydrogen (secondary N) is 1. The third-order valence-corrected chi connectivity index (χ3v) is 4.57. The van der Waals surface area contributed by atoms with Crippen molar-refractivity contribution >= 4 is 23.7 Å². The van der Waals surface area contributed by atoms with Crippen LogP contribution in [0.15, 0.2) is 42.5 Å². The summed E-state index contributed by atoms with van der Waals surface area (Å²) < 4.78 is 5.39. The molecule has 2 aromatic rings. The number of amides is 2. The van der Waals surface area contributed by atoms with E-state index in [1.54, 1.807) is 24.1 Å². The molecule has 1 saturated heterocycles. The van der Waals surface area contributed by atoms with Crippen LogP contribution in [0.1, 0.15) is 15.9 Å². The summed E-state index contributed by atoms with van der Waals surface area (Å²) in [4.78, 5) is 27.4. The molecule has 6 heteroatoms. The minimum absolute atomic E-state index is 0.175. The maximum atomic E-state index is 12.5. The van der Waals surface area contributed by atoms with Crippen LogP contribution in [0.25, 0.3) is 0 Å². The molecule has 0 saturated carbocycles. The molecule has 3 rings (SSSR count). The molecule has 0 aromatic heterocycles. The number of hydrogen-bond donors (Lipinski definition) is 1. The molecule has 2 aromatic carbocycles. The van der Waals surface area contributed by atoms with Crippen LogP contribution < -0.4 is 15.0 Å². The van der Waals surface area contributed by atoms with Crippen molar-refractivity contribution in [2.75, 3.05) is 43.5 Å². The third kappa shape index (κ3) is 3.96. The molecule has 1 N–H and O–H groups in total. The second-order valence-electron chi connectivity index (χ2n) is 6.33. The highest BCUT2D eigenvalue weighted by molar-refractivity contribution is 6.05. The monoisotopic (exact) mass is 353 g/mol. The summed E-state index contributed by atoms with van der Waals surface area (Å²) in [5.41, 5.74) is 3.34. The second-order valence-corrected chi connectivity index (χ2v) is 6.33. The second kappa shape index (κ2) is 7.91. The van der Waals surface area contributed by atoms with Gasteiger partial charge in [-0.1, -0.05) is 17.7 Å². The molecule has 1 heterocycles. The van der Waals surface area contributed by atoms with Crippen molar-refractivity contribution in [3.05, 3.63) is 53.6 Å². The number of rotatable bonds is 5. The highest BCUT2D eigenvalue weighted by Gasteiger charge is 2.18. The molecule has 0 unspecified atom stereocenters. The topological polar surface area (TPSA) is 61.9 Å². The van der Waals surface area contributed by atoms with Crippen LogP contribution in [0.4, 0.5) is 11.4 Å².